The van der Waals surface area contributed by atoms with Crippen molar-refractivity contribution in [3.05, 3.63) is 72.4 Å². The van der Waals surface area contributed by atoms with E-state index in [9.17, 15) is 19.8 Å². The molecule has 0 unspecified atom stereocenters. The third-order valence-electron chi connectivity index (χ3n) is 8.84. The zero-order valence-corrected chi connectivity index (χ0v) is 22.0. The molecule has 1 amide bonds. The summed E-state index contributed by atoms with van der Waals surface area (Å²) in [5.74, 6) is -1.23. The van der Waals surface area contributed by atoms with Crippen molar-refractivity contribution in [3.8, 4) is 0 Å². The zero-order chi connectivity index (χ0) is 26.3. The van der Waals surface area contributed by atoms with Crippen LogP contribution in [-0.4, -0.2) is 39.7 Å². The second-order valence-corrected chi connectivity index (χ2v) is 11.8. The number of amides is 1. The predicted molar refractivity (Wildman–Crippen MR) is 142 cm³/mol. The van der Waals surface area contributed by atoms with Crippen molar-refractivity contribution in [2.45, 2.75) is 71.1 Å². The molecule has 1 saturated heterocycles. The van der Waals surface area contributed by atoms with Crippen molar-refractivity contribution in [2.24, 2.45) is 35.0 Å². The number of aliphatic hydroxyl groups is 2. The zero-order valence-electron chi connectivity index (χ0n) is 22.0. The first-order valence-corrected chi connectivity index (χ1v) is 13.3. The lowest BCUT2D eigenvalue weighted by Gasteiger charge is -2.53. The smallest absolute Gasteiger partial charge is 0.228 e. The number of ketones is 1. The molecule has 1 saturated carbocycles. The van der Waals surface area contributed by atoms with Crippen LogP contribution in [0.4, 0.5) is 0 Å². The molecule has 194 valence electrons. The van der Waals surface area contributed by atoms with Gasteiger partial charge in [-0.05, 0) is 62.0 Å². The van der Waals surface area contributed by atoms with E-state index in [0.717, 1.165) is 17.6 Å². The van der Waals surface area contributed by atoms with Gasteiger partial charge < -0.3 is 20.3 Å². The first-order chi connectivity index (χ1) is 17.0. The van der Waals surface area contributed by atoms with Crippen LogP contribution in [0.2, 0.25) is 0 Å². The van der Waals surface area contributed by atoms with Gasteiger partial charge in [0.15, 0.2) is 0 Å². The van der Waals surface area contributed by atoms with E-state index >= 15 is 0 Å². The predicted octanol–water partition coefficient (Wildman–Crippen LogP) is 4.40. The Morgan fingerprint density at radius 3 is 2.56 bits per heavy atom. The van der Waals surface area contributed by atoms with Crippen molar-refractivity contribution < 1.29 is 19.8 Å². The van der Waals surface area contributed by atoms with E-state index in [1.165, 1.54) is 0 Å². The van der Waals surface area contributed by atoms with Gasteiger partial charge >= 0.3 is 0 Å². The molecule has 0 bridgehead atoms. The molecule has 3 N–H and O–H groups in total. The highest BCUT2D eigenvalue weighted by Gasteiger charge is 2.67. The third-order valence-corrected chi connectivity index (χ3v) is 8.84. The normalized spacial score (nSPS) is 41.6. The number of nitrogens with one attached hydrogen (secondary N) is 1. The molecule has 9 atom stereocenters. The fourth-order valence-electron chi connectivity index (χ4n) is 7.31. The Labute approximate surface area is 215 Å². The Morgan fingerprint density at radius 2 is 1.89 bits per heavy atom. The van der Waals surface area contributed by atoms with Crippen LogP contribution in [0.15, 0.2) is 66.8 Å². The molecule has 36 heavy (non-hydrogen) atoms. The van der Waals surface area contributed by atoms with Crippen molar-refractivity contribution >= 4 is 11.7 Å². The third kappa shape index (κ3) is 4.76. The van der Waals surface area contributed by atoms with Crippen molar-refractivity contribution in [2.75, 3.05) is 0 Å². The van der Waals surface area contributed by atoms with E-state index in [0.29, 0.717) is 12.8 Å². The fraction of sp³-hybridized carbons (Fsp3) is 0.548. The number of aliphatic hydroxyl groups excluding tert-OH is 1. The summed E-state index contributed by atoms with van der Waals surface area (Å²) < 4.78 is 0. The minimum absolute atomic E-state index is 0.0192. The van der Waals surface area contributed by atoms with Crippen LogP contribution >= 0.6 is 0 Å². The molecule has 2 fully saturated rings. The first-order valence-electron chi connectivity index (χ1n) is 13.3. The summed E-state index contributed by atoms with van der Waals surface area (Å²) in [4.78, 5) is 26.8. The summed E-state index contributed by atoms with van der Waals surface area (Å²) in [5, 5.41) is 26.0. The number of benzene rings is 1. The molecule has 3 aliphatic rings. The maximum atomic E-state index is 14.2. The van der Waals surface area contributed by atoms with Gasteiger partial charge in [-0.2, -0.15) is 0 Å². The van der Waals surface area contributed by atoms with Crippen molar-refractivity contribution in [1.82, 2.24) is 5.32 Å². The van der Waals surface area contributed by atoms with Gasteiger partial charge in [0.1, 0.15) is 5.78 Å². The van der Waals surface area contributed by atoms with Gasteiger partial charge in [-0.1, -0.05) is 75.1 Å². The Kier molecular flexibility index (Phi) is 7.45. The molecular weight excluding hydrogens is 450 g/mol. The highest BCUT2D eigenvalue weighted by molar-refractivity contribution is 5.89. The summed E-state index contributed by atoms with van der Waals surface area (Å²) in [5.41, 5.74) is -0.236. The molecule has 4 rings (SSSR count). The van der Waals surface area contributed by atoms with E-state index in [1.54, 1.807) is 19.9 Å². The van der Waals surface area contributed by atoms with Crippen LogP contribution in [0.5, 0.6) is 0 Å². The monoisotopic (exact) mass is 491 g/mol. The van der Waals surface area contributed by atoms with Crippen LogP contribution in [-0.2, 0) is 16.0 Å². The highest BCUT2D eigenvalue weighted by atomic mass is 16.3. The van der Waals surface area contributed by atoms with Gasteiger partial charge in [0, 0.05) is 24.3 Å². The minimum atomic E-state index is -1.06. The van der Waals surface area contributed by atoms with E-state index in [4.69, 9.17) is 0 Å². The average Bonchev–Trinajstić information content (AvgIpc) is 3.08. The number of rotatable bonds is 4. The molecule has 5 nitrogen and oxygen atoms in total. The fourth-order valence-corrected chi connectivity index (χ4v) is 7.31. The lowest BCUT2D eigenvalue weighted by Crippen LogP contribution is -2.58. The van der Waals surface area contributed by atoms with Crippen LogP contribution in [0, 0.1) is 35.0 Å². The molecule has 0 aromatic heterocycles. The largest absolute Gasteiger partial charge is 0.388 e. The number of allylic oxidation sites excluding steroid dienone is 2. The summed E-state index contributed by atoms with van der Waals surface area (Å²) >= 11 is 0. The van der Waals surface area contributed by atoms with Crippen molar-refractivity contribution in [3.63, 3.8) is 0 Å². The van der Waals surface area contributed by atoms with Gasteiger partial charge in [0.2, 0.25) is 5.91 Å². The maximum Gasteiger partial charge on any atom is 0.228 e. The highest BCUT2D eigenvalue weighted by Crippen LogP contribution is 2.60. The summed E-state index contributed by atoms with van der Waals surface area (Å²) in [6, 6.07) is 9.94. The Bertz CT molecular complexity index is 1060. The van der Waals surface area contributed by atoms with E-state index in [2.05, 4.69) is 31.0 Å². The van der Waals surface area contributed by atoms with Crippen LogP contribution in [0.25, 0.3) is 0 Å². The minimum Gasteiger partial charge on any atom is -0.388 e. The number of hydrogen-bond acceptors (Lipinski definition) is 4. The van der Waals surface area contributed by atoms with Gasteiger partial charge in [0.05, 0.1) is 17.1 Å². The molecule has 1 aromatic rings. The molecule has 1 spiro atoms. The second-order valence-electron chi connectivity index (χ2n) is 11.8. The summed E-state index contributed by atoms with van der Waals surface area (Å²) in [6.45, 7) is 11.8. The Morgan fingerprint density at radius 1 is 1.19 bits per heavy atom. The number of Topliss-reactive ketones (excluding diaryl/α,β-unsaturated/α-hetero) is 1. The van der Waals surface area contributed by atoms with Gasteiger partial charge in [-0.15, -0.1) is 0 Å². The number of hydrogen-bond donors (Lipinski definition) is 3. The summed E-state index contributed by atoms with van der Waals surface area (Å²) in [6.07, 6.45) is 8.94. The molecule has 5 heteroatoms. The lowest BCUT2D eigenvalue weighted by atomic mass is 9.48. The molecule has 0 radical (unpaired) electrons. The average molecular weight is 492 g/mol. The van der Waals surface area contributed by atoms with Crippen LogP contribution in [0.3, 0.4) is 0 Å². The maximum absolute atomic E-state index is 14.2. The van der Waals surface area contributed by atoms with Crippen LogP contribution in [0.1, 0.15) is 52.5 Å². The van der Waals surface area contributed by atoms with Gasteiger partial charge in [-0.25, -0.2) is 0 Å². The van der Waals surface area contributed by atoms with Crippen molar-refractivity contribution in [1.29, 1.82) is 0 Å². The van der Waals surface area contributed by atoms with Gasteiger partial charge in [-0.3, -0.25) is 4.79 Å². The lowest BCUT2D eigenvalue weighted by molar-refractivity contribution is -0.142. The Hall–Kier alpha value is -2.50. The quantitative estimate of drug-likeness (QED) is 0.545. The number of carbonyl (C=O) groups excluding carboxylic acids is 2. The second kappa shape index (κ2) is 10.1. The van der Waals surface area contributed by atoms with E-state index in [-0.39, 0.29) is 41.9 Å². The van der Waals surface area contributed by atoms with E-state index < -0.39 is 29.0 Å². The summed E-state index contributed by atoms with van der Waals surface area (Å²) in [7, 11) is 0. The first kappa shape index (κ1) is 26.6. The Balaban J connectivity index is 1.92. The van der Waals surface area contributed by atoms with Gasteiger partial charge in [0.25, 0.3) is 0 Å². The standard InChI is InChI=1S/C31H41NO4/c1-19-10-9-13-25-28(34)22(4)21(3)27-26(17-23-11-7-6-8-12-23)32-29(35)31(25,27)24(16-20(2)33)14-15-30(5,36)18-19/h6-9,11-15,19,21,24-28,34,36H,4,10,16-18H2,1-3,5H3,(H,32,35)/b13-9?,15-14+/t19-,21+,24-,25+,26+,27+,28+,30-,31+/m0/s1. The van der Waals surface area contributed by atoms with E-state index in [1.807, 2.05) is 43.4 Å². The van der Waals surface area contributed by atoms with Crippen LogP contribution < -0.4 is 5.32 Å². The molecule has 1 heterocycles. The molecule has 1 aromatic carbocycles. The molecule has 2 aliphatic carbocycles. The number of carbonyl (C=O) groups is 2. The molecule has 1 aliphatic heterocycles. The molecular formula is C31H41NO4. The SMILES string of the molecule is C=C1[C@@H](C)[C@@H]2[C@@H](Cc3ccccc3)NC(=O)[C@]23[C@H](C=CC[C@H](C)C[C@@](C)(O)/C=C/[C@H]3CC(C)=O)[C@@H]1O. The topological polar surface area (TPSA) is 86.6 Å².